The molecule has 1 amide bonds. The van der Waals surface area contributed by atoms with Gasteiger partial charge in [-0.15, -0.1) is 0 Å². The van der Waals surface area contributed by atoms with Crippen LogP contribution < -0.4 is 4.72 Å². The second kappa shape index (κ2) is 13.0. The minimum atomic E-state index is -1.65. The van der Waals surface area contributed by atoms with Crippen LogP contribution in [0.1, 0.15) is 118 Å². The fourth-order valence-corrected chi connectivity index (χ4v) is 11.7. The third kappa shape index (κ3) is 6.28. The van der Waals surface area contributed by atoms with Crippen LogP contribution in [-0.4, -0.2) is 39.3 Å². The number of benzene rings is 1. The van der Waals surface area contributed by atoms with Crippen molar-refractivity contribution >= 4 is 17.1 Å². The van der Waals surface area contributed by atoms with Crippen molar-refractivity contribution < 1.29 is 24.0 Å². The van der Waals surface area contributed by atoms with Crippen molar-refractivity contribution in [1.29, 1.82) is 0 Å². The van der Waals surface area contributed by atoms with Crippen molar-refractivity contribution in [3.63, 3.8) is 0 Å². The van der Waals surface area contributed by atoms with E-state index >= 15 is 0 Å². The summed E-state index contributed by atoms with van der Waals surface area (Å²) in [5, 5.41) is 22.5. The number of ether oxygens (including phenoxy) is 1. The van der Waals surface area contributed by atoms with Crippen molar-refractivity contribution in [2.24, 2.45) is 52.3 Å². The predicted octanol–water partition coefficient (Wildman–Crippen LogP) is 7.78. The highest BCUT2D eigenvalue weighted by molar-refractivity contribution is 7.83. The molecule has 4 aliphatic rings. The molecule has 248 valence electrons. The monoisotopic (exact) mass is 629 g/mol. The first-order chi connectivity index (χ1) is 20.7. The average Bonchev–Trinajstić information content (AvgIpc) is 3.33. The summed E-state index contributed by atoms with van der Waals surface area (Å²) in [6, 6.07) is 7.51. The molecule has 4 saturated carbocycles. The molecule has 4 fully saturated rings. The summed E-state index contributed by atoms with van der Waals surface area (Å²) < 4.78 is 20.6. The van der Waals surface area contributed by atoms with Gasteiger partial charge in [0.2, 0.25) is 0 Å². The van der Waals surface area contributed by atoms with Crippen molar-refractivity contribution in [3.05, 3.63) is 29.8 Å². The first kappa shape index (κ1) is 33.9. The summed E-state index contributed by atoms with van der Waals surface area (Å²) in [4.78, 5) is 12.9. The molecule has 6 nitrogen and oxygen atoms in total. The molecule has 3 N–H and O–H groups in total. The van der Waals surface area contributed by atoms with E-state index in [2.05, 4.69) is 53.2 Å². The molecule has 0 saturated heterocycles. The Bertz CT molecular complexity index is 1180. The number of fused-ring (bicyclic) bond motifs is 5. The van der Waals surface area contributed by atoms with Crippen LogP contribution in [0.2, 0.25) is 0 Å². The van der Waals surface area contributed by atoms with Crippen molar-refractivity contribution in [2.75, 3.05) is 6.61 Å². The Balaban J connectivity index is 1.14. The van der Waals surface area contributed by atoms with Gasteiger partial charge in [-0.05, 0) is 133 Å². The molecule has 0 radical (unpaired) electrons. The number of nitrogens with one attached hydrogen (secondary N) is 1. The summed E-state index contributed by atoms with van der Waals surface area (Å²) >= 11 is 0. The van der Waals surface area contributed by atoms with Crippen LogP contribution in [-0.2, 0) is 21.1 Å². The lowest BCUT2D eigenvalue weighted by Gasteiger charge is -2.64. The number of amides is 1. The highest BCUT2D eigenvalue weighted by atomic mass is 32.2. The molecule has 0 spiro atoms. The van der Waals surface area contributed by atoms with Gasteiger partial charge in [-0.1, -0.05) is 67.0 Å². The summed E-state index contributed by atoms with van der Waals surface area (Å²) in [5.41, 5.74) is 1.62. The van der Waals surface area contributed by atoms with Crippen molar-refractivity contribution in [1.82, 2.24) is 4.72 Å². The van der Waals surface area contributed by atoms with Gasteiger partial charge in [0.1, 0.15) is 0 Å². The van der Waals surface area contributed by atoms with E-state index in [9.17, 15) is 19.2 Å². The molecule has 4 aliphatic carbocycles. The van der Waals surface area contributed by atoms with Crippen LogP contribution >= 0.6 is 0 Å². The number of rotatable bonds is 8. The van der Waals surface area contributed by atoms with Crippen molar-refractivity contribution in [2.45, 2.75) is 135 Å². The lowest BCUT2D eigenvalue weighted by Crippen LogP contribution is -2.62. The fraction of sp³-hybridized carbons (Fsp3) is 0.811. The first-order valence-electron chi connectivity index (χ1n) is 17.5. The van der Waals surface area contributed by atoms with E-state index in [1.54, 1.807) is 12.1 Å². The Hall–Kier alpha value is -1.44. The predicted molar refractivity (Wildman–Crippen MR) is 176 cm³/mol. The Morgan fingerprint density at radius 2 is 1.68 bits per heavy atom. The highest BCUT2D eigenvalue weighted by Crippen LogP contribution is 2.69. The SMILES string of the molecule is CC[C@@H]1C2C[C@H](O)CC[C@@]2(C)[C@H]2CCC3(C)[C@@H]([C@H](C)CCCOC(=O)NS(=O)c4ccc(C(C)(C)C)cc4)CC[C@H]3C2[C@@H]1O. The van der Waals surface area contributed by atoms with Crippen LogP contribution in [0.25, 0.3) is 0 Å². The number of aliphatic hydroxyl groups is 2. The maximum absolute atomic E-state index is 12.6. The zero-order valence-corrected chi connectivity index (χ0v) is 29.1. The third-order valence-electron chi connectivity index (χ3n) is 13.3. The van der Waals surface area contributed by atoms with E-state index < -0.39 is 17.1 Å². The van der Waals surface area contributed by atoms with E-state index in [4.69, 9.17) is 4.74 Å². The number of aliphatic hydroxyl groups excluding tert-OH is 2. The summed E-state index contributed by atoms with van der Waals surface area (Å²) in [6.45, 7) is 16.3. The van der Waals surface area contributed by atoms with Crippen LogP contribution in [0, 0.1) is 52.3 Å². The smallest absolute Gasteiger partial charge is 0.419 e. The number of hydrogen-bond acceptors (Lipinski definition) is 5. The Labute approximate surface area is 269 Å². The van der Waals surface area contributed by atoms with Crippen molar-refractivity contribution in [3.8, 4) is 0 Å². The highest BCUT2D eigenvalue weighted by Gasteiger charge is 2.64. The number of carbonyl (C=O) groups excluding carboxylic acids is 1. The maximum Gasteiger partial charge on any atom is 0.419 e. The normalized spacial score (nSPS) is 39.8. The Morgan fingerprint density at radius 1 is 1.02 bits per heavy atom. The molecule has 4 unspecified atom stereocenters. The summed E-state index contributed by atoms with van der Waals surface area (Å²) in [6.07, 6.45) is 9.34. The lowest BCUT2D eigenvalue weighted by atomic mass is 9.41. The maximum atomic E-state index is 12.6. The molecule has 7 heteroatoms. The quantitative estimate of drug-likeness (QED) is 0.255. The molecular weight excluding hydrogens is 570 g/mol. The number of carbonyl (C=O) groups is 1. The van der Waals surface area contributed by atoms with Gasteiger partial charge < -0.3 is 14.9 Å². The second-order valence-electron chi connectivity index (χ2n) is 16.5. The molecule has 1 aromatic carbocycles. The Kier molecular flexibility index (Phi) is 10.0. The summed E-state index contributed by atoms with van der Waals surface area (Å²) in [7, 11) is -1.65. The zero-order valence-electron chi connectivity index (χ0n) is 28.3. The topological polar surface area (TPSA) is 95.9 Å². The Morgan fingerprint density at radius 3 is 2.34 bits per heavy atom. The van der Waals surface area contributed by atoms with Crippen LogP contribution in [0.15, 0.2) is 29.2 Å². The van der Waals surface area contributed by atoms with E-state index in [-0.39, 0.29) is 34.4 Å². The summed E-state index contributed by atoms with van der Waals surface area (Å²) in [5.74, 6) is 3.31. The lowest BCUT2D eigenvalue weighted by molar-refractivity contribution is -0.203. The van der Waals surface area contributed by atoms with Gasteiger partial charge >= 0.3 is 6.09 Å². The van der Waals surface area contributed by atoms with Gasteiger partial charge in [0.25, 0.3) is 0 Å². The van der Waals surface area contributed by atoms with Crippen LogP contribution in [0.5, 0.6) is 0 Å². The van der Waals surface area contributed by atoms with Crippen LogP contribution in [0.3, 0.4) is 0 Å². The third-order valence-corrected chi connectivity index (χ3v) is 14.4. The minimum Gasteiger partial charge on any atom is -0.449 e. The van der Waals surface area contributed by atoms with Gasteiger partial charge in [0, 0.05) is 0 Å². The molecule has 12 atom stereocenters. The van der Waals surface area contributed by atoms with Gasteiger partial charge in [-0.3, -0.25) is 0 Å². The standard InChI is InChI=1S/C37H59NO5S/c1-8-27-31-22-25(39)17-19-37(31,7)30-18-20-36(6)28(15-16-29(36)32(30)33(27)40)23(2)10-9-21-43-34(41)38-44(42)26-13-11-24(12-14-26)35(3,4)5/h11-14,23,25,27-33,39-40H,8-10,15-22H2,1-7H3,(H,38,41)/t23-,25-,27-,28-,29+,30+,31?,32?,33-,36?,37+,44?/m1/s1. The number of hydrogen-bond donors (Lipinski definition) is 3. The molecular formula is C37H59NO5S. The van der Waals surface area contributed by atoms with Gasteiger partial charge in [0.05, 0.1) is 23.7 Å². The molecule has 0 bridgehead atoms. The van der Waals surface area contributed by atoms with E-state index in [0.29, 0.717) is 47.0 Å². The second-order valence-corrected chi connectivity index (χ2v) is 17.7. The molecule has 5 rings (SSSR count). The van der Waals surface area contributed by atoms with Crippen LogP contribution in [0.4, 0.5) is 4.79 Å². The van der Waals surface area contributed by atoms with E-state index in [1.165, 1.54) is 25.7 Å². The first-order valence-corrected chi connectivity index (χ1v) is 18.7. The molecule has 0 aliphatic heterocycles. The fourth-order valence-electron chi connectivity index (χ4n) is 10.9. The van der Waals surface area contributed by atoms with E-state index in [1.807, 2.05) is 12.1 Å². The van der Waals surface area contributed by atoms with Gasteiger partial charge in [0.15, 0.2) is 11.0 Å². The van der Waals surface area contributed by atoms with Gasteiger partial charge in [-0.2, -0.15) is 0 Å². The largest absolute Gasteiger partial charge is 0.449 e. The average molecular weight is 630 g/mol. The van der Waals surface area contributed by atoms with E-state index in [0.717, 1.165) is 44.1 Å². The molecule has 1 aromatic rings. The molecule has 0 aromatic heterocycles. The zero-order chi connectivity index (χ0) is 32.0. The molecule has 44 heavy (non-hydrogen) atoms. The molecule has 0 heterocycles. The minimum absolute atomic E-state index is 0.0111. The van der Waals surface area contributed by atoms with Gasteiger partial charge in [-0.25, -0.2) is 13.7 Å².